The van der Waals surface area contributed by atoms with Gasteiger partial charge in [-0.1, -0.05) is 6.07 Å². The Morgan fingerprint density at radius 1 is 1.09 bits per heavy atom. The first kappa shape index (κ1) is 23.7. The third-order valence-corrected chi connectivity index (χ3v) is 6.25. The van der Waals surface area contributed by atoms with Gasteiger partial charge in [0.15, 0.2) is 0 Å². The minimum atomic E-state index is -4.25. The van der Waals surface area contributed by atoms with Gasteiger partial charge < -0.3 is 10.1 Å². The number of nitro groups is 1. The second-order valence-electron chi connectivity index (χ2n) is 6.75. The molecule has 1 amide bonds. The lowest BCUT2D eigenvalue weighted by Crippen LogP contribution is -2.38. The van der Waals surface area contributed by atoms with Crippen molar-refractivity contribution in [3.8, 4) is 5.75 Å². The zero-order chi connectivity index (χ0) is 24.0. The number of rotatable bonds is 9. The summed E-state index contributed by atoms with van der Waals surface area (Å²) in [5.41, 5.74) is 0.0899. The first-order valence-corrected chi connectivity index (χ1v) is 11.2. The number of non-ortho nitro benzene ring substituents is 1. The van der Waals surface area contributed by atoms with E-state index in [1.165, 1.54) is 30.3 Å². The molecule has 0 bridgehead atoms. The van der Waals surface area contributed by atoms with E-state index in [0.717, 1.165) is 34.6 Å². The van der Waals surface area contributed by atoms with Gasteiger partial charge in [0, 0.05) is 17.8 Å². The van der Waals surface area contributed by atoms with E-state index in [1.54, 1.807) is 19.1 Å². The van der Waals surface area contributed by atoms with Crippen LogP contribution in [0.1, 0.15) is 6.92 Å². The van der Waals surface area contributed by atoms with Crippen molar-refractivity contribution in [1.29, 1.82) is 0 Å². The Balaban J connectivity index is 1.92. The number of anilines is 2. The Hall–Kier alpha value is -3.99. The van der Waals surface area contributed by atoms with Gasteiger partial charge in [-0.05, 0) is 61.5 Å². The third-order valence-electron chi connectivity index (χ3n) is 4.47. The minimum absolute atomic E-state index is 0.139. The van der Waals surface area contributed by atoms with E-state index in [1.807, 2.05) is 0 Å². The SMILES string of the molecule is CCOc1ccc(N(CC(=O)Nc2cccc([N+](=O)[O-])c2)S(=O)(=O)c2ccc(F)cc2)cc1. The summed E-state index contributed by atoms with van der Waals surface area (Å²) in [4.78, 5) is 22.8. The van der Waals surface area contributed by atoms with E-state index in [2.05, 4.69) is 5.32 Å². The number of amides is 1. The van der Waals surface area contributed by atoms with E-state index >= 15 is 0 Å². The van der Waals surface area contributed by atoms with Crippen LogP contribution in [0.25, 0.3) is 0 Å². The van der Waals surface area contributed by atoms with Gasteiger partial charge in [0.2, 0.25) is 5.91 Å². The molecule has 0 aromatic heterocycles. The summed E-state index contributed by atoms with van der Waals surface area (Å²) in [6, 6.07) is 15.6. The summed E-state index contributed by atoms with van der Waals surface area (Å²) >= 11 is 0. The van der Waals surface area contributed by atoms with Gasteiger partial charge in [-0.2, -0.15) is 0 Å². The molecule has 3 rings (SSSR count). The number of nitro benzene ring substituents is 1. The molecule has 1 N–H and O–H groups in total. The van der Waals surface area contributed by atoms with E-state index in [-0.39, 0.29) is 22.0 Å². The lowest BCUT2D eigenvalue weighted by molar-refractivity contribution is -0.384. The maximum Gasteiger partial charge on any atom is 0.271 e. The lowest BCUT2D eigenvalue weighted by Gasteiger charge is -2.24. The van der Waals surface area contributed by atoms with Crippen LogP contribution in [0.15, 0.2) is 77.7 Å². The Kier molecular flexibility index (Phi) is 7.23. The molecular formula is C22H20FN3O6S. The normalized spacial score (nSPS) is 11.0. The highest BCUT2D eigenvalue weighted by Crippen LogP contribution is 2.26. The Morgan fingerprint density at radius 2 is 1.76 bits per heavy atom. The van der Waals surface area contributed by atoms with Crippen LogP contribution in [-0.4, -0.2) is 32.4 Å². The van der Waals surface area contributed by atoms with Crippen molar-refractivity contribution in [2.45, 2.75) is 11.8 Å². The molecule has 0 atom stereocenters. The molecule has 172 valence electrons. The number of benzene rings is 3. The van der Waals surface area contributed by atoms with Crippen molar-refractivity contribution in [1.82, 2.24) is 0 Å². The molecule has 0 aliphatic heterocycles. The summed E-state index contributed by atoms with van der Waals surface area (Å²) in [5, 5.41) is 13.4. The highest BCUT2D eigenvalue weighted by Gasteiger charge is 2.27. The van der Waals surface area contributed by atoms with Crippen molar-refractivity contribution in [2.24, 2.45) is 0 Å². The van der Waals surface area contributed by atoms with Crippen molar-refractivity contribution >= 4 is 33.0 Å². The molecule has 3 aromatic carbocycles. The number of halogens is 1. The minimum Gasteiger partial charge on any atom is -0.494 e. The number of sulfonamides is 1. The summed E-state index contributed by atoms with van der Waals surface area (Å²) in [7, 11) is -4.25. The van der Waals surface area contributed by atoms with Crippen LogP contribution >= 0.6 is 0 Å². The molecule has 0 spiro atoms. The van der Waals surface area contributed by atoms with Crippen LogP contribution in [0.2, 0.25) is 0 Å². The lowest BCUT2D eigenvalue weighted by atomic mass is 10.2. The highest BCUT2D eigenvalue weighted by atomic mass is 32.2. The second-order valence-corrected chi connectivity index (χ2v) is 8.61. The second kappa shape index (κ2) is 10.1. The van der Waals surface area contributed by atoms with E-state index < -0.39 is 33.2 Å². The molecule has 0 saturated carbocycles. The molecule has 0 heterocycles. The fourth-order valence-corrected chi connectivity index (χ4v) is 4.37. The van der Waals surface area contributed by atoms with Gasteiger partial charge in [0.05, 0.1) is 22.1 Å². The number of hydrogen-bond donors (Lipinski definition) is 1. The standard InChI is InChI=1S/C22H20FN3O6S/c1-2-32-20-10-8-18(9-11-20)25(33(30,31)21-12-6-16(23)7-13-21)15-22(27)24-17-4-3-5-19(14-17)26(28)29/h3-14H,2,15H2,1H3,(H,24,27). The third kappa shape index (κ3) is 5.83. The molecule has 0 aliphatic rings. The van der Waals surface area contributed by atoms with Crippen LogP contribution in [0.3, 0.4) is 0 Å². The Morgan fingerprint density at radius 3 is 2.36 bits per heavy atom. The molecule has 0 saturated heterocycles. The fourth-order valence-electron chi connectivity index (χ4n) is 2.95. The molecule has 0 unspecified atom stereocenters. The molecule has 3 aromatic rings. The van der Waals surface area contributed by atoms with Gasteiger partial charge in [-0.3, -0.25) is 19.2 Å². The van der Waals surface area contributed by atoms with Gasteiger partial charge in [-0.25, -0.2) is 12.8 Å². The van der Waals surface area contributed by atoms with Crippen LogP contribution in [0, 0.1) is 15.9 Å². The number of nitrogens with zero attached hydrogens (tertiary/aromatic N) is 2. The molecule has 11 heteroatoms. The van der Waals surface area contributed by atoms with Gasteiger partial charge in [-0.15, -0.1) is 0 Å². The van der Waals surface area contributed by atoms with E-state index in [0.29, 0.717) is 12.4 Å². The topological polar surface area (TPSA) is 119 Å². The number of hydrogen-bond acceptors (Lipinski definition) is 6. The predicted octanol–water partition coefficient (Wildman–Crippen LogP) is 3.97. The maximum atomic E-state index is 13.3. The fraction of sp³-hybridized carbons (Fsp3) is 0.136. The molecule has 0 radical (unpaired) electrons. The van der Waals surface area contributed by atoms with E-state index in [4.69, 9.17) is 4.74 Å². The smallest absolute Gasteiger partial charge is 0.271 e. The Bertz CT molecular complexity index is 1250. The summed E-state index contributed by atoms with van der Waals surface area (Å²) < 4.78 is 46.1. The van der Waals surface area contributed by atoms with Gasteiger partial charge >= 0.3 is 0 Å². The number of carbonyl (C=O) groups is 1. The van der Waals surface area contributed by atoms with Crippen LogP contribution < -0.4 is 14.4 Å². The number of ether oxygens (including phenoxy) is 1. The number of nitrogens with one attached hydrogen (secondary N) is 1. The van der Waals surface area contributed by atoms with Crippen LogP contribution in [-0.2, 0) is 14.8 Å². The van der Waals surface area contributed by atoms with Crippen molar-refractivity contribution in [3.05, 3.63) is 88.7 Å². The molecule has 0 aliphatic carbocycles. The summed E-state index contributed by atoms with van der Waals surface area (Å²) in [5.74, 6) is -0.818. The quantitative estimate of drug-likeness (QED) is 0.371. The van der Waals surface area contributed by atoms with Crippen molar-refractivity contribution in [3.63, 3.8) is 0 Å². The van der Waals surface area contributed by atoms with Crippen LogP contribution in [0.5, 0.6) is 5.75 Å². The zero-order valence-electron chi connectivity index (χ0n) is 17.5. The molecule has 9 nitrogen and oxygen atoms in total. The average Bonchev–Trinajstić information content (AvgIpc) is 2.79. The van der Waals surface area contributed by atoms with Crippen LogP contribution in [0.4, 0.5) is 21.5 Å². The largest absolute Gasteiger partial charge is 0.494 e. The molecule has 33 heavy (non-hydrogen) atoms. The Labute approximate surface area is 189 Å². The predicted molar refractivity (Wildman–Crippen MR) is 120 cm³/mol. The van der Waals surface area contributed by atoms with Gasteiger partial charge in [0.25, 0.3) is 15.7 Å². The van der Waals surface area contributed by atoms with E-state index in [9.17, 15) is 27.7 Å². The van der Waals surface area contributed by atoms with Crippen molar-refractivity contribution < 1.29 is 27.3 Å². The summed E-state index contributed by atoms with van der Waals surface area (Å²) in [6.07, 6.45) is 0. The number of carbonyl (C=O) groups excluding carboxylic acids is 1. The molecule has 0 fully saturated rings. The molecular weight excluding hydrogens is 453 g/mol. The van der Waals surface area contributed by atoms with Gasteiger partial charge in [0.1, 0.15) is 18.1 Å². The van der Waals surface area contributed by atoms with Crippen molar-refractivity contribution in [2.75, 3.05) is 22.8 Å². The highest BCUT2D eigenvalue weighted by molar-refractivity contribution is 7.92. The zero-order valence-corrected chi connectivity index (χ0v) is 18.3. The first-order valence-electron chi connectivity index (χ1n) is 9.76. The monoisotopic (exact) mass is 473 g/mol. The average molecular weight is 473 g/mol. The maximum absolute atomic E-state index is 13.3. The first-order chi connectivity index (χ1) is 15.7. The summed E-state index contributed by atoms with van der Waals surface area (Å²) in [6.45, 7) is 1.59.